The van der Waals surface area contributed by atoms with Crippen LogP contribution in [0.15, 0.2) is 42.5 Å². The van der Waals surface area contributed by atoms with Gasteiger partial charge in [-0.25, -0.2) is 4.79 Å². The molecule has 1 aromatic rings. The molecule has 2 saturated heterocycles. The van der Waals surface area contributed by atoms with Crippen molar-refractivity contribution in [2.75, 3.05) is 7.11 Å². The van der Waals surface area contributed by atoms with E-state index in [0.29, 0.717) is 13.0 Å². The van der Waals surface area contributed by atoms with Crippen LogP contribution in [-0.4, -0.2) is 47.6 Å². The van der Waals surface area contributed by atoms with E-state index in [2.05, 4.69) is 5.32 Å². The van der Waals surface area contributed by atoms with E-state index < -0.39 is 35.4 Å². The predicted molar refractivity (Wildman–Crippen MR) is 108 cm³/mol. The Bertz CT molecular complexity index is 826. The first kappa shape index (κ1) is 21.0. The third-order valence-corrected chi connectivity index (χ3v) is 6.82. The summed E-state index contributed by atoms with van der Waals surface area (Å²) in [6.45, 7) is 2.03. The Morgan fingerprint density at radius 1 is 1.37 bits per heavy atom. The lowest BCUT2D eigenvalue weighted by molar-refractivity contribution is -0.213. The standard InChI is InChI=1S/C23H29NO6/c1-22-17(13-18(30-22)29-14-15-9-5-3-6-10-15)20(26)24-23(22,21(27)28-2)19(25)16-11-7-4-8-12-16/h3,5-7,9-11,16-19,25H,4,8,12-14H2,1-2H3,(H,24,26)/t16-,17+,18-,19+,22+,23+/m1/s1. The number of nitrogens with one attached hydrogen (secondary N) is 1. The Kier molecular flexibility index (Phi) is 5.70. The van der Waals surface area contributed by atoms with Crippen molar-refractivity contribution in [1.29, 1.82) is 0 Å². The number of rotatable bonds is 6. The summed E-state index contributed by atoms with van der Waals surface area (Å²) in [6, 6.07) is 9.67. The van der Waals surface area contributed by atoms with Crippen LogP contribution in [0.3, 0.4) is 0 Å². The topological polar surface area (TPSA) is 94.1 Å². The average molecular weight is 415 g/mol. The second-order valence-corrected chi connectivity index (χ2v) is 8.50. The third-order valence-electron chi connectivity index (χ3n) is 6.82. The molecule has 2 heterocycles. The normalized spacial score (nSPS) is 36.2. The number of hydrogen-bond acceptors (Lipinski definition) is 6. The Balaban J connectivity index is 1.61. The van der Waals surface area contributed by atoms with E-state index in [1.807, 2.05) is 42.5 Å². The number of benzene rings is 1. The maximum atomic E-state index is 13.1. The van der Waals surface area contributed by atoms with E-state index in [9.17, 15) is 14.7 Å². The van der Waals surface area contributed by atoms with E-state index in [1.54, 1.807) is 6.92 Å². The van der Waals surface area contributed by atoms with Crippen LogP contribution in [0.1, 0.15) is 38.2 Å². The molecule has 162 valence electrons. The summed E-state index contributed by atoms with van der Waals surface area (Å²) in [4.78, 5) is 26.0. The number of methoxy groups -OCH3 is 1. The van der Waals surface area contributed by atoms with E-state index in [0.717, 1.165) is 24.8 Å². The Morgan fingerprint density at radius 3 is 2.80 bits per heavy atom. The SMILES string of the molecule is COC(=O)[C@]1([C@@H](O)[C@@H]2C=CCCC2)NC(=O)[C@@H]2C[C@H](OCc3ccccc3)O[C@@]21C. The zero-order chi connectivity index (χ0) is 21.4. The van der Waals surface area contributed by atoms with Crippen LogP contribution < -0.4 is 5.32 Å². The Morgan fingerprint density at radius 2 is 2.13 bits per heavy atom. The molecule has 2 fully saturated rings. The molecule has 2 aliphatic heterocycles. The fraction of sp³-hybridized carbons (Fsp3) is 0.565. The summed E-state index contributed by atoms with van der Waals surface area (Å²) in [5.41, 5.74) is -2.00. The number of carbonyl (C=O) groups excluding carboxylic acids is 2. The molecule has 0 aromatic heterocycles. The number of esters is 1. The summed E-state index contributed by atoms with van der Waals surface area (Å²) in [7, 11) is 1.26. The van der Waals surface area contributed by atoms with Gasteiger partial charge in [-0.2, -0.15) is 0 Å². The minimum Gasteiger partial charge on any atom is -0.467 e. The number of allylic oxidation sites excluding steroid dienone is 1. The van der Waals surface area contributed by atoms with Crippen molar-refractivity contribution in [1.82, 2.24) is 5.32 Å². The van der Waals surface area contributed by atoms with Gasteiger partial charge in [0.1, 0.15) is 5.60 Å². The van der Waals surface area contributed by atoms with E-state index >= 15 is 0 Å². The molecular weight excluding hydrogens is 386 g/mol. The third kappa shape index (κ3) is 3.25. The van der Waals surface area contributed by atoms with Gasteiger partial charge in [0, 0.05) is 12.3 Å². The van der Waals surface area contributed by atoms with Crippen LogP contribution in [-0.2, 0) is 30.4 Å². The number of aliphatic hydroxyl groups is 1. The smallest absolute Gasteiger partial charge is 0.337 e. The molecule has 2 N–H and O–H groups in total. The van der Waals surface area contributed by atoms with Crippen LogP contribution in [0.5, 0.6) is 0 Å². The number of aliphatic hydroxyl groups excluding tert-OH is 1. The van der Waals surface area contributed by atoms with Gasteiger partial charge in [-0.1, -0.05) is 42.5 Å². The summed E-state index contributed by atoms with van der Waals surface area (Å²) < 4.78 is 17.2. The second-order valence-electron chi connectivity index (χ2n) is 8.50. The number of ether oxygens (including phenoxy) is 3. The fourth-order valence-corrected chi connectivity index (χ4v) is 5.14. The van der Waals surface area contributed by atoms with Gasteiger partial charge in [-0.15, -0.1) is 0 Å². The highest BCUT2D eigenvalue weighted by Crippen LogP contribution is 2.51. The first-order valence-corrected chi connectivity index (χ1v) is 10.5. The minimum absolute atomic E-state index is 0.276. The van der Waals surface area contributed by atoms with Gasteiger partial charge >= 0.3 is 5.97 Å². The maximum Gasteiger partial charge on any atom is 0.337 e. The van der Waals surface area contributed by atoms with Gasteiger partial charge in [-0.3, -0.25) is 4.79 Å². The van der Waals surface area contributed by atoms with Crippen molar-refractivity contribution in [3.8, 4) is 0 Å². The summed E-state index contributed by atoms with van der Waals surface area (Å²) in [6.07, 6.45) is 4.96. The van der Waals surface area contributed by atoms with Crippen molar-refractivity contribution in [3.63, 3.8) is 0 Å². The summed E-state index contributed by atoms with van der Waals surface area (Å²) >= 11 is 0. The van der Waals surface area contributed by atoms with Crippen LogP contribution in [0.25, 0.3) is 0 Å². The number of amides is 1. The molecule has 7 nitrogen and oxygen atoms in total. The molecule has 3 aliphatic rings. The van der Waals surface area contributed by atoms with Crippen molar-refractivity contribution < 1.29 is 28.9 Å². The zero-order valence-electron chi connectivity index (χ0n) is 17.4. The monoisotopic (exact) mass is 415 g/mol. The van der Waals surface area contributed by atoms with Crippen LogP contribution >= 0.6 is 0 Å². The molecular formula is C23H29NO6. The quantitative estimate of drug-likeness (QED) is 0.546. The summed E-state index contributed by atoms with van der Waals surface area (Å²) in [5, 5.41) is 14.1. The molecule has 0 unspecified atom stereocenters. The van der Waals surface area contributed by atoms with Gasteiger partial charge in [0.2, 0.25) is 5.91 Å². The molecule has 30 heavy (non-hydrogen) atoms. The van der Waals surface area contributed by atoms with Gasteiger partial charge in [0.05, 0.1) is 25.7 Å². The lowest BCUT2D eigenvalue weighted by Crippen LogP contribution is -2.70. The first-order chi connectivity index (χ1) is 14.4. The number of fused-ring (bicyclic) bond motifs is 1. The molecule has 0 radical (unpaired) electrons. The van der Waals surface area contributed by atoms with Gasteiger partial charge in [0.15, 0.2) is 11.8 Å². The van der Waals surface area contributed by atoms with Crippen LogP contribution in [0.2, 0.25) is 0 Å². The van der Waals surface area contributed by atoms with Crippen molar-refractivity contribution in [2.45, 2.75) is 62.7 Å². The summed E-state index contributed by atoms with van der Waals surface area (Å²) in [5.74, 6) is -1.93. The molecule has 0 bridgehead atoms. The predicted octanol–water partition coefficient (Wildman–Crippen LogP) is 2.08. The van der Waals surface area contributed by atoms with E-state index in [1.165, 1.54) is 7.11 Å². The fourth-order valence-electron chi connectivity index (χ4n) is 5.14. The van der Waals surface area contributed by atoms with Gasteiger partial charge in [-0.05, 0) is 31.7 Å². The molecule has 4 rings (SSSR count). The van der Waals surface area contributed by atoms with Crippen LogP contribution in [0.4, 0.5) is 0 Å². The van der Waals surface area contributed by atoms with Gasteiger partial charge < -0.3 is 24.6 Å². The van der Waals surface area contributed by atoms with Crippen LogP contribution in [0, 0.1) is 11.8 Å². The molecule has 6 atom stereocenters. The lowest BCUT2D eigenvalue weighted by Gasteiger charge is -2.44. The Labute approximate surface area is 176 Å². The van der Waals surface area contributed by atoms with Crippen molar-refractivity contribution in [3.05, 3.63) is 48.0 Å². The Hall–Kier alpha value is -2.22. The molecule has 1 amide bonds. The molecule has 1 aliphatic carbocycles. The minimum atomic E-state index is -1.69. The second kappa shape index (κ2) is 8.13. The largest absolute Gasteiger partial charge is 0.467 e. The zero-order valence-corrected chi connectivity index (χ0v) is 17.4. The average Bonchev–Trinajstić information content (AvgIpc) is 3.23. The first-order valence-electron chi connectivity index (χ1n) is 10.5. The highest BCUT2D eigenvalue weighted by Gasteiger charge is 2.74. The number of hydrogen-bond donors (Lipinski definition) is 2. The molecule has 1 aromatic carbocycles. The molecule has 0 saturated carbocycles. The van der Waals surface area contributed by atoms with E-state index in [4.69, 9.17) is 14.2 Å². The molecule has 7 heteroatoms. The maximum absolute atomic E-state index is 13.1. The lowest BCUT2D eigenvalue weighted by atomic mass is 9.69. The molecule has 0 spiro atoms. The number of carbonyl (C=O) groups is 2. The van der Waals surface area contributed by atoms with E-state index in [-0.39, 0.29) is 11.8 Å². The van der Waals surface area contributed by atoms with Crippen molar-refractivity contribution >= 4 is 11.9 Å². The highest BCUT2D eigenvalue weighted by atomic mass is 16.7. The highest BCUT2D eigenvalue weighted by molar-refractivity contribution is 5.97. The van der Waals surface area contributed by atoms with Crippen molar-refractivity contribution in [2.24, 2.45) is 11.8 Å². The van der Waals surface area contributed by atoms with Gasteiger partial charge in [0.25, 0.3) is 0 Å².